The highest BCUT2D eigenvalue weighted by molar-refractivity contribution is 6.26. The van der Waals surface area contributed by atoms with Gasteiger partial charge >= 0.3 is 0 Å². The zero-order chi connectivity index (χ0) is 41.9. The first kappa shape index (κ1) is 35.0. The second kappa shape index (κ2) is 13.4. The molecule has 14 aromatic rings. The zero-order valence-corrected chi connectivity index (χ0v) is 34.6. The molecule has 0 bridgehead atoms. The first-order valence-electron chi connectivity index (χ1n) is 21.9. The molecule has 0 saturated heterocycles. The number of rotatable bonds is 5. The van der Waals surface area contributed by atoms with Crippen LogP contribution in [0.5, 0.6) is 0 Å². The lowest BCUT2D eigenvalue weighted by Gasteiger charge is -2.27. The lowest BCUT2D eigenvalue weighted by Crippen LogP contribution is -2.11. The lowest BCUT2D eigenvalue weighted by atomic mass is 9.94. The van der Waals surface area contributed by atoms with Gasteiger partial charge in [0.1, 0.15) is 5.58 Å². The minimum absolute atomic E-state index is 0.854. The Labute approximate surface area is 367 Å². The Bertz CT molecular complexity index is 4170. The fourth-order valence-electron chi connectivity index (χ4n) is 10.8. The molecule has 14 rings (SSSR count). The number of furan rings is 1. The molecule has 0 atom stereocenters. The molecule has 0 aliphatic rings. The third-order valence-electron chi connectivity index (χ3n) is 13.5. The monoisotopic (exact) mass is 815 g/mol. The van der Waals surface area contributed by atoms with Crippen LogP contribution in [0.25, 0.3) is 109 Å². The summed E-state index contributed by atoms with van der Waals surface area (Å²) in [6.45, 7) is 0. The van der Waals surface area contributed by atoms with Crippen molar-refractivity contribution in [3.63, 3.8) is 0 Å². The molecule has 0 N–H and O–H groups in total. The molecule has 0 amide bonds. The summed E-state index contributed by atoms with van der Waals surface area (Å²) in [7, 11) is 0. The van der Waals surface area contributed by atoms with Crippen molar-refractivity contribution in [2.45, 2.75) is 0 Å². The van der Waals surface area contributed by atoms with Gasteiger partial charge in [0.15, 0.2) is 5.58 Å². The van der Waals surface area contributed by atoms with Gasteiger partial charge in [0.05, 0.1) is 33.4 Å². The van der Waals surface area contributed by atoms with Crippen molar-refractivity contribution >= 4 is 115 Å². The third-order valence-corrected chi connectivity index (χ3v) is 13.5. The molecule has 64 heavy (non-hydrogen) atoms. The summed E-state index contributed by atoms with van der Waals surface area (Å²) in [6, 6.07) is 81.5. The summed E-state index contributed by atoms with van der Waals surface area (Å²) in [5.74, 6) is 0. The van der Waals surface area contributed by atoms with E-state index < -0.39 is 0 Å². The molecule has 3 aromatic heterocycles. The van der Waals surface area contributed by atoms with Gasteiger partial charge in [-0.3, -0.25) is 0 Å². The van der Waals surface area contributed by atoms with Crippen LogP contribution in [0.1, 0.15) is 0 Å². The lowest BCUT2D eigenvalue weighted by molar-refractivity contribution is 0.669. The summed E-state index contributed by atoms with van der Waals surface area (Å²) < 4.78 is 11.7. The van der Waals surface area contributed by atoms with Gasteiger partial charge in [0.2, 0.25) is 0 Å². The molecule has 0 fully saturated rings. The molecule has 4 heteroatoms. The van der Waals surface area contributed by atoms with E-state index in [1.807, 2.05) is 6.07 Å². The quantitative estimate of drug-likeness (QED) is 0.162. The van der Waals surface area contributed by atoms with Crippen LogP contribution in [0.3, 0.4) is 0 Å². The predicted molar refractivity (Wildman–Crippen MR) is 270 cm³/mol. The minimum Gasteiger partial charge on any atom is -0.454 e. The number of hydrogen-bond acceptors (Lipinski definition) is 2. The van der Waals surface area contributed by atoms with Crippen molar-refractivity contribution in [3.05, 3.63) is 224 Å². The largest absolute Gasteiger partial charge is 0.454 e. The Kier molecular flexibility index (Phi) is 7.36. The first-order valence-corrected chi connectivity index (χ1v) is 21.9. The zero-order valence-electron chi connectivity index (χ0n) is 34.6. The normalized spacial score (nSPS) is 12.1. The molecule has 0 aliphatic carbocycles. The maximum Gasteiger partial charge on any atom is 0.159 e. The number of hydrogen-bond donors (Lipinski definition) is 0. The van der Waals surface area contributed by atoms with E-state index >= 15 is 0 Å². The van der Waals surface area contributed by atoms with Gasteiger partial charge in [-0.25, -0.2) is 0 Å². The van der Waals surface area contributed by atoms with Gasteiger partial charge in [-0.15, -0.1) is 0 Å². The molecule has 11 aromatic carbocycles. The van der Waals surface area contributed by atoms with Crippen molar-refractivity contribution in [2.24, 2.45) is 0 Å². The summed E-state index contributed by atoms with van der Waals surface area (Å²) in [5, 5.41) is 14.5. The van der Waals surface area contributed by atoms with Crippen molar-refractivity contribution in [1.29, 1.82) is 0 Å². The maximum atomic E-state index is 6.86. The third kappa shape index (κ3) is 4.93. The fourth-order valence-corrected chi connectivity index (χ4v) is 10.8. The summed E-state index contributed by atoms with van der Waals surface area (Å²) >= 11 is 0. The highest BCUT2D eigenvalue weighted by Gasteiger charge is 2.25. The Morgan fingerprint density at radius 3 is 1.58 bits per heavy atom. The Morgan fingerprint density at radius 1 is 0.297 bits per heavy atom. The molecule has 0 saturated carbocycles. The molecular weight excluding hydrogens is 779 g/mol. The molecule has 0 radical (unpaired) electrons. The highest BCUT2D eigenvalue weighted by atomic mass is 16.3. The minimum atomic E-state index is 0.854. The van der Waals surface area contributed by atoms with Gasteiger partial charge in [-0.05, 0) is 105 Å². The topological polar surface area (TPSA) is 26.2 Å². The van der Waals surface area contributed by atoms with Crippen molar-refractivity contribution in [2.75, 3.05) is 4.90 Å². The van der Waals surface area contributed by atoms with Gasteiger partial charge in [0.25, 0.3) is 0 Å². The van der Waals surface area contributed by atoms with Crippen LogP contribution < -0.4 is 4.90 Å². The Morgan fingerprint density at radius 2 is 0.812 bits per heavy atom. The Hall–Kier alpha value is -8.60. The van der Waals surface area contributed by atoms with Gasteiger partial charge in [-0.1, -0.05) is 152 Å². The van der Waals surface area contributed by atoms with E-state index in [-0.39, 0.29) is 0 Å². The van der Waals surface area contributed by atoms with E-state index in [2.05, 4.69) is 232 Å². The van der Waals surface area contributed by atoms with E-state index in [0.29, 0.717) is 0 Å². The van der Waals surface area contributed by atoms with Crippen LogP contribution >= 0.6 is 0 Å². The maximum absolute atomic E-state index is 6.86. The van der Waals surface area contributed by atoms with Gasteiger partial charge < -0.3 is 18.5 Å². The number of anilines is 3. The summed E-state index contributed by atoms with van der Waals surface area (Å²) in [5.41, 5.74) is 11.7. The fraction of sp³-hybridized carbons (Fsp3) is 0. The second-order valence-electron chi connectivity index (χ2n) is 16.8. The molecule has 0 spiro atoms. The van der Waals surface area contributed by atoms with E-state index in [1.54, 1.807) is 0 Å². The van der Waals surface area contributed by atoms with E-state index in [9.17, 15) is 0 Å². The Balaban J connectivity index is 1.08. The standard InChI is InChI=1S/C60H37N3O/c1-2-16-38(17-3-1)61-52-26-11-8-22-46(52)47-35-33-40(37-57(47)61)62-53-27-12-9-24-50(53)59-54(62)28-15-29-55(59)63(56-30-14-25-49-48-23-10-13-31-58(48)64-60(49)56)39-32-34-45-43-20-5-4-18-41(43)42-19-6-7-21-44(42)51(45)36-39/h1-37H. The molecular formula is C60H37N3O. The van der Waals surface area contributed by atoms with Gasteiger partial charge in [-0.2, -0.15) is 0 Å². The predicted octanol–water partition coefficient (Wildman–Crippen LogP) is 16.7. The van der Waals surface area contributed by atoms with Crippen molar-refractivity contribution < 1.29 is 4.42 Å². The van der Waals surface area contributed by atoms with Crippen LogP contribution in [0.4, 0.5) is 17.1 Å². The average molecular weight is 816 g/mol. The number of aromatic nitrogens is 2. The van der Waals surface area contributed by atoms with Crippen LogP contribution in [0.15, 0.2) is 229 Å². The molecule has 0 unspecified atom stereocenters. The van der Waals surface area contributed by atoms with Crippen LogP contribution in [-0.2, 0) is 0 Å². The molecule has 298 valence electrons. The second-order valence-corrected chi connectivity index (χ2v) is 16.8. The van der Waals surface area contributed by atoms with Crippen LogP contribution in [-0.4, -0.2) is 9.13 Å². The number of para-hydroxylation sites is 5. The van der Waals surface area contributed by atoms with Crippen LogP contribution in [0.2, 0.25) is 0 Å². The first-order chi connectivity index (χ1) is 31.8. The summed E-state index contributed by atoms with van der Waals surface area (Å²) in [4.78, 5) is 2.43. The molecule has 0 aliphatic heterocycles. The summed E-state index contributed by atoms with van der Waals surface area (Å²) in [6.07, 6.45) is 0. The van der Waals surface area contributed by atoms with Gasteiger partial charge in [0, 0.05) is 49.4 Å². The van der Waals surface area contributed by atoms with E-state index in [0.717, 1.165) is 61.4 Å². The highest BCUT2D eigenvalue weighted by Crippen LogP contribution is 2.48. The van der Waals surface area contributed by atoms with Crippen molar-refractivity contribution in [1.82, 2.24) is 9.13 Å². The smallest absolute Gasteiger partial charge is 0.159 e. The van der Waals surface area contributed by atoms with Crippen LogP contribution in [0, 0.1) is 0 Å². The van der Waals surface area contributed by atoms with E-state index in [1.165, 1.54) is 64.9 Å². The SMILES string of the molecule is c1ccc(-n2c3ccccc3c3ccc(-n4c5ccccc5c5c(N(c6ccc7c8ccccc8c8ccccc8c7c6)c6cccc7c6oc6ccccc67)cccc54)cc32)cc1. The molecule has 3 heterocycles. The average Bonchev–Trinajstić information content (AvgIpc) is 4.03. The number of fused-ring (bicyclic) bond motifs is 15. The van der Waals surface area contributed by atoms with Crippen molar-refractivity contribution in [3.8, 4) is 11.4 Å². The molecule has 4 nitrogen and oxygen atoms in total. The van der Waals surface area contributed by atoms with E-state index in [4.69, 9.17) is 4.42 Å². The number of nitrogens with zero attached hydrogens (tertiary/aromatic N) is 3. The number of benzene rings is 11.